The van der Waals surface area contributed by atoms with E-state index >= 15 is 0 Å². The number of nitrogens with two attached hydrogens (primary N) is 1. The number of anilines is 2. The van der Waals surface area contributed by atoms with Crippen LogP contribution in [-0.4, -0.2) is 17.0 Å². The number of nitrogen functional groups attached to an aromatic ring is 1. The number of benzene rings is 1. The van der Waals surface area contributed by atoms with Crippen molar-refractivity contribution in [2.75, 3.05) is 17.7 Å². The van der Waals surface area contributed by atoms with Crippen LogP contribution in [0.1, 0.15) is 24.7 Å². The second kappa shape index (κ2) is 6.57. The van der Waals surface area contributed by atoms with E-state index in [1.54, 1.807) is 6.07 Å². The zero-order valence-electron chi connectivity index (χ0n) is 11.8. The molecule has 0 saturated carbocycles. The molecular formula is C15H19ClN4. The predicted molar refractivity (Wildman–Crippen MR) is 84.0 cm³/mol. The third-order valence-corrected chi connectivity index (χ3v) is 3.19. The molecule has 1 heterocycles. The minimum absolute atomic E-state index is 0.511. The minimum Gasteiger partial charge on any atom is -0.384 e. The van der Waals surface area contributed by atoms with Gasteiger partial charge in [-0.2, -0.15) is 0 Å². The number of nitrogens with zero attached hydrogens (tertiary/aromatic N) is 3. The summed E-state index contributed by atoms with van der Waals surface area (Å²) in [5.74, 6) is 2.14. The van der Waals surface area contributed by atoms with Crippen molar-refractivity contribution in [1.82, 2.24) is 9.97 Å². The van der Waals surface area contributed by atoms with Gasteiger partial charge in [0.1, 0.15) is 17.5 Å². The number of aromatic nitrogens is 2. The van der Waals surface area contributed by atoms with Crippen LogP contribution in [0.3, 0.4) is 0 Å². The van der Waals surface area contributed by atoms with Crippen LogP contribution in [0.2, 0.25) is 5.02 Å². The van der Waals surface area contributed by atoms with Crippen LogP contribution in [0.25, 0.3) is 0 Å². The number of halogens is 1. The standard InChI is InChI=1S/C15H19ClN4/c1-3-5-14-18-13(17)9-15(19-14)20(2)10-11-6-4-7-12(16)8-11/h4,6-9H,3,5,10H2,1-2H3,(H2,17,18,19). The van der Waals surface area contributed by atoms with Gasteiger partial charge in [0.15, 0.2) is 0 Å². The molecule has 1 aromatic heterocycles. The Morgan fingerprint density at radius 1 is 1.25 bits per heavy atom. The van der Waals surface area contributed by atoms with Crippen LogP contribution < -0.4 is 10.6 Å². The van der Waals surface area contributed by atoms with Crippen LogP contribution in [0.4, 0.5) is 11.6 Å². The molecule has 0 bridgehead atoms. The highest BCUT2D eigenvalue weighted by Gasteiger charge is 2.08. The Hall–Kier alpha value is -1.81. The van der Waals surface area contributed by atoms with Crippen molar-refractivity contribution in [3.63, 3.8) is 0 Å². The number of aryl methyl sites for hydroxylation is 1. The molecular weight excluding hydrogens is 272 g/mol. The van der Waals surface area contributed by atoms with Crippen LogP contribution in [0, 0.1) is 0 Å². The number of rotatable bonds is 5. The van der Waals surface area contributed by atoms with Crippen molar-refractivity contribution in [3.8, 4) is 0 Å². The zero-order chi connectivity index (χ0) is 14.5. The molecule has 0 aliphatic carbocycles. The van der Waals surface area contributed by atoms with Crippen LogP contribution in [-0.2, 0) is 13.0 Å². The highest BCUT2D eigenvalue weighted by atomic mass is 35.5. The maximum atomic E-state index is 6.00. The van der Waals surface area contributed by atoms with Crippen molar-refractivity contribution in [1.29, 1.82) is 0 Å². The Morgan fingerprint density at radius 3 is 2.75 bits per heavy atom. The van der Waals surface area contributed by atoms with Crippen molar-refractivity contribution in [2.45, 2.75) is 26.3 Å². The molecule has 0 fully saturated rings. The lowest BCUT2D eigenvalue weighted by Crippen LogP contribution is -2.19. The van der Waals surface area contributed by atoms with Crippen LogP contribution >= 0.6 is 11.6 Å². The SMILES string of the molecule is CCCc1nc(N)cc(N(C)Cc2cccc(Cl)c2)n1. The smallest absolute Gasteiger partial charge is 0.134 e. The van der Waals surface area contributed by atoms with Crippen molar-refractivity contribution in [3.05, 3.63) is 46.7 Å². The Kier molecular flexibility index (Phi) is 4.79. The lowest BCUT2D eigenvalue weighted by Gasteiger charge is -2.19. The van der Waals surface area contributed by atoms with Gasteiger partial charge in [-0.1, -0.05) is 30.7 Å². The molecule has 2 N–H and O–H groups in total. The van der Waals surface area contributed by atoms with E-state index in [4.69, 9.17) is 17.3 Å². The summed E-state index contributed by atoms with van der Waals surface area (Å²) >= 11 is 6.00. The van der Waals surface area contributed by atoms with E-state index < -0.39 is 0 Å². The van der Waals surface area contributed by atoms with Gasteiger partial charge in [-0.15, -0.1) is 0 Å². The first-order valence-electron chi connectivity index (χ1n) is 6.67. The lowest BCUT2D eigenvalue weighted by molar-refractivity contribution is 0.815. The van der Waals surface area contributed by atoms with Gasteiger partial charge in [-0.3, -0.25) is 0 Å². The molecule has 0 spiro atoms. The molecule has 2 rings (SSSR count). The first-order chi connectivity index (χ1) is 9.58. The number of hydrogen-bond donors (Lipinski definition) is 1. The summed E-state index contributed by atoms with van der Waals surface area (Å²) in [6.07, 6.45) is 1.84. The molecule has 0 aliphatic heterocycles. The molecule has 0 aliphatic rings. The molecule has 0 amide bonds. The predicted octanol–water partition coefficient (Wildman–Crippen LogP) is 3.30. The Bertz CT molecular complexity index is 586. The van der Waals surface area contributed by atoms with Crippen molar-refractivity contribution < 1.29 is 0 Å². The summed E-state index contributed by atoms with van der Waals surface area (Å²) in [4.78, 5) is 10.8. The average Bonchev–Trinajstić information content (AvgIpc) is 2.38. The highest BCUT2D eigenvalue weighted by molar-refractivity contribution is 6.30. The topological polar surface area (TPSA) is 55.0 Å². The van der Waals surface area contributed by atoms with E-state index in [0.29, 0.717) is 5.82 Å². The fourth-order valence-electron chi connectivity index (χ4n) is 2.02. The van der Waals surface area contributed by atoms with Crippen LogP contribution in [0.5, 0.6) is 0 Å². The molecule has 0 unspecified atom stereocenters. The maximum Gasteiger partial charge on any atom is 0.134 e. The lowest BCUT2D eigenvalue weighted by atomic mass is 10.2. The zero-order valence-corrected chi connectivity index (χ0v) is 12.6. The monoisotopic (exact) mass is 290 g/mol. The van der Waals surface area contributed by atoms with E-state index in [1.165, 1.54) is 0 Å². The van der Waals surface area contributed by atoms with E-state index in [0.717, 1.165) is 41.6 Å². The molecule has 106 valence electrons. The van der Waals surface area contributed by atoms with Crippen molar-refractivity contribution >= 4 is 23.2 Å². The van der Waals surface area contributed by atoms with E-state index in [-0.39, 0.29) is 0 Å². The fourth-order valence-corrected chi connectivity index (χ4v) is 2.24. The largest absolute Gasteiger partial charge is 0.384 e. The van der Waals surface area contributed by atoms with Crippen LogP contribution in [0.15, 0.2) is 30.3 Å². The molecule has 0 atom stereocenters. The molecule has 5 heteroatoms. The normalized spacial score (nSPS) is 10.6. The van der Waals surface area contributed by atoms with Gasteiger partial charge < -0.3 is 10.6 Å². The summed E-state index contributed by atoms with van der Waals surface area (Å²) in [5, 5.41) is 0.741. The maximum absolute atomic E-state index is 6.00. The highest BCUT2D eigenvalue weighted by Crippen LogP contribution is 2.18. The minimum atomic E-state index is 0.511. The van der Waals surface area contributed by atoms with Gasteiger partial charge in [0.2, 0.25) is 0 Å². The molecule has 4 nitrogen and oxygen atoms in total. The Morgan fingerprint density at radius 2 is 2.05 bits per heavy atom. The van der Waals surface area contributed by atoms with E-state index in [1.807, 2.05) is 36.2 Å². The second-order valence-electron chi connectivity index (χ2n) is 4.80. The summed E-state index contributed by atoms with van der Waals surface area (Å²) in [5.41, 5.74) is 6.98. The Labute approximate surface area is 124 Å². The first-order valence-corrected chi connectivity index (χ1v) is 7.05. The fraction of sp³-hybridized carbons (Fsp3) is 0.333. The Balaban J connectivity index is 2.18. The third kappa shape index (κ3) is 3.84. The molecule has 1 aromatic carbocycles. The van der Waals surface area contributed by atoms with Gasteiger partial charge in [-0.25, -0.2) is 9.97 Å². The second-order valence-corrected chi connectivity index (χ2v) is 5.24. The quantitative estimate of drug-likeness (QED) is 0.918. The summed E-state index contributed by atoms with van der Waals surface area (Å²) in [6, 6.07) is 9.61. The number of hydrogen-bond acceptors (Lipinski definition) is 4. The first kappa shape index (κ1) is 14.6. The van der Waals surface area contributed by atoms with Gasteiger partial charge in [0.05, 0.1) is 0 Å². The van der Waals surface area contributed by atoms with Gasteiger partial charge in [-0.05, 0) is 24.1 Å². The summed E-state index contributed by atoms with van der Waals surface area (Å²) < 4.78 is 0. The third-order valence-electron chi connectivity index (χ3n) is 2.95. The molecule has 2 aromatic rings. The summed E-state index contributed by atoms with van der Waals surface area (Å²) in [7, 11) is 1.98. The van der Waals surface area contributed by atoms with E-state index in [2.05, 4.69) is 16.9 Å². The van der Waals surface area contributed by atoms with Gasteiger partial charge >= 0.3 is 0 Å². The van der Waals surface area contributed by atoms with Gasteiger partial charge in [0, 0.05) is 31.1 Å². The molecule has 20 heavy (non-hydrogen) atoms. The molecule has 0 saturated heterocycles. The average molecular weight is 291 g/mol. The van der Waals surface area contributed by atoms with E-state index in [9.17, 15) is 0 Å². The molecule has 0 radical (unpaired) electrons. The van der Waals surface area contributed by atoms with Gasteiger partial charge in [0.25, 0.3) is 0 Å². The summed E-state index contributed by atoms with van der Waals surface area (Å²) in [6.45, 7) is 2.82. The van der Waals surface area contributed by atoms with Crippen molar-refractivity contribution in [2.24, 2.45) is 0 Å².